The van der Waals surface area contributed by atoms with E-state index >= 15 is 0 Å². The van der Waals surface area contributed by atoms with E-state index in [2.05, 4.69) is 25.5 Å². The highest BCUT2D eigenvalue weighted by molar-refractivity contribution is 5.66. The maximum Gasteiger partial charge on any atom is 0.200 e. The molecule has 2 aromatic rings. The summed E-state index contributed by atoms with van der Waals surface area (Å²) in [6.45, 7) is 7.55. The molecule has 1 saturated heterocycles. The summed E-state index contributed by atoms with van der Waals surface area (Å²) in [4.78, 5) is 2.39. The number of anilines is 1. The van der Waals surface area contributed by atoms with Crippen molar-refractivity contribution in [3.63, 3.8) is 0 Å². The van der Waals surface area contributed by atoms with Crippen LogP contribution in [0.1, 0.15) is 5.69 Å². The molecule has 0 bridgehead atoms. The molecule has 102 valence electrons. The molecule has 3 heterocycles. The Morgan fingerprint density at radius 2 is 2.21 bits per heavy atom. The molecule has 0 aliphatic carbocycles. The number of fused-ring (bicyclic) bond motifs is 1. The Hall–Kier alpha value is -1.73. The summed E-state index contributed by atoms with van der Waals surface area (Å²) in [5.41, 5.74) is 2.70. The van der Waals surface area contributed by atoms with Gasteiger partial charge in [-0.2, -0.15) is 9.61 Å². The largest absolute Gasteiger partial charge is 0.381 e. The predicted molar refractivity (Wildman–Crippen MR) is 71.3 cm³/mol. The molecule has 7 heteroatoms. The van der Waals surface area contributed by atoms with Crippen molar-refractivity contribution in [1.82, 2.24) is 24.7 Å². The van der Waals surface area contributed by atoms with Gasteiger partial charge in [-0.1, -0.05) is 0 Å². The molecule has 3 rings (SSSR count). The average molecular weight is 262 g/mol. The van der Waals surface area contributed by atoms with Crippen molar-refractivity contribution < 1.29 is 4.74 Å². The number of nitrogens with zero attached hydrogens (tertiary/aromatic N) is 5. The maximum atomic E-state index is 5.34. The lowest BCUT2D eigenvalue weighted by molar-refractivity contribution is 0.0398. The fourth-order valence-corrected chi connectivity index (χ4v) is 2.26. The molecule has 19 heavy (non-hydrogen) atoms. The first kappa shape index (κ1) is 12.3. The van der Waals surface area contributed by atoms with Crippen LogP contribution in [0.4, 0.5) is 5.69 Å². The van der Waals surface area contributed by atoms with Crippen molar-refractivity contribution in [2.45, 2.75) is 6.92 Å². The van der Waals surface area contributed by atoms with Gasteiger partial charge in [-0.25, -0.2) is 0 Å². The van der Waals surface area contributed by atoms with Crippen molar-refractivity contribution in [3.8, 4) is 0 Å². The number of hydrogen-bond acceptors (Lipinski definition) is 6. The van der Waals surface area contributed by atoms with Gasteiger partial charge >= 0.3 is 0 Å². The molecule has 2 aromatic heterocycles. The maximum absolute atomic E-state index is 5.34. The Kier molecular flexibility index (Phi) is 3.56. The first-order valence-electron chi connectivity index (χ1n) is 6.54. The molecule has 0 atom stereocenters. The van der Waals surface area contributed by atoms with E-state index in [1.54, 1.807) is 10.8 Å². The summed E-state index contributed by atoms with van der Waals surface area (Å²) in [6.07, 6.45) is 1.62. The minimum absolute atomic E-state index is 0.771. The summed E-state index contributed by atoms with van der Waals surface area (Å²) in [6, 6.07) is 2.00. The molecular weight excluding hydrogens is 244 g/mol. The fraction of sp³-hybridized carbons (Fsp3) is 0.583. The van der Waals surface area contributed by atoms with Gasteiger partial charge in [0.15, 0.2) is 0 Å². The van der Waals surface area contributed by atoms with Crippen molar-refractivity contribution in [2.75, 3.05) is 44.7 Å². The Balaban J connectivity index is 1.63. The first-order chi connectivity index (χ1) is 9.33. The van der Waals surface area contributed by atoms with E-state index in [1.807, 2.05) is 13.0 Å². The summed E-state index contributed by atoms with van der Waals surface area (Å²) in [5, 5.41) is 15.7. The van der Waals surface area contributed by atoms with Crippen molar-refractivity contribution in [1.29, 1.82) is 0 Å². The minimum Gasteiger partial charge on any atom is -0.381 e. The summed E-state index contributed by atoms with van der Waals surface area (Å²) in [7, 11) is 0. The quantitative estimate of drug-likeness (QED) is 0.847. The highest BCUT2D eigenvalue weighted by Crippen LogP contribution is 2.14. The van der Waals surface area contributed by atoms with Gasteiger partial charge < -0.3 is 10.1 Å². The van der Waals surface area contributed by atoms with Crippen LogP contribution in [0.25, 0.3) is 5.65 Å². The molecule has 0 saturated carbocycles. The molecule has 7 nitrogen and oxygen atoms in total. The SMILES string of the molecule is Cc1cc(NCCN2CCOCC2)c2nncn2n1. The third-order valence-corrected chi connectivity index (χ3v) is 3.24. The Bertz CT molecular complexity index is 548. The fourth-order valence-electron chi connectivity index (χ4n) is 2.26. The van der Waals surface area contributed by atoms with E-state index < -0.39 is 0 Å². The van der Waals surface area contributed by atoms with Gasteiger partial charge in [0.2, 0.25) is 5.65 Å². The second-order valence-corrected chi connectivity index (χ2v) is 4.68. The van der Waals surface area contributed by atoms with E-state index in [0.717, 1.165) is 56.4 Å². The molecule has 1 aliphatic rings. The third-order valence-electron chi connectivity index (χ3n) is 3.24. The number of morpholine rings is 1. The number of ether oxygens (including phenoxy) is 1. The molecule has 1 aliphatic heterocycles. The number of aromatic nitrogens is 4. The summed E-state index contributed by atoms with van der Waals surface area (Å²) < 4.78 is 7.04. The van der Waals surface area contributed by atoms with Crippen LogP contribution in [-0.4, -0.2) is 64.1 Å². The second-order valence-electron chi connectivity index (χ2n) is 4.68. The molecule has 0 amide bonds. The zero-order chi connectivity index (χ0) is 13.1. The van der Waals surface area contributed by atoms with E-state index in [4.69, 9.17) is 4.74 Å². The van der Waals surface area contributed by atoms with E-state index in [-0.39, 0.29) is 0 Å². The van der Waals surface area contributed by atoms with Crippen LogP contribution < -0.4 is 5.32 Å². The van der Waals surface area contributed by atoms with Crippen LogP contribution in [-0.2, 0) is 4.74 Å². The zero-order valence-corrected chi connectivity index (χ0v) is 11.0. The summed E-state index contributed by atoms with van der Waals surface area (Å²) >= 11 is 0. The summed E-state index contributed by atoms with van der Waals surface area (Å²) in [5.74, 6) is 0. The number of rotatable bonds is 4. The van der Waals surface area contributed by atoms with Gasteiger partial charge in [0, 0.05) is 26.2 Å². The van der Waals surface area contributed by atoms with Crippen molar-refractivity contribution in [3.05, 3.63) is 18.1 Å². The Labute approximate surface area is 111 Å². The number of aryl methyl sites for hydroxylation is 1. The van der Waals surface area contributed by atoms with Gasteiger partial charge in [0.25, 0.3) is 0 Å². The lowest BCUT2D eigenvalue weighted by atomic mass is 10.3. The Morgan fingerprint density at radius 1 is 1.37 bits per heavy atom. The molecule has 0 unspecified atom stereocenters. The lowest BCUT2D eigenvalue weighted by Crippen LogP contribution is -2.39. The smallest absolute Gasteiger partial charge is 0.200 e. The number of hydrogen-bond donors (Lipinski definition) is 1. The van der Waals surface area contributed by atoms with Crippen LogP contribution in [0, 0.1) is 6.92 Å². The van der Waals surface area contributed by atoms with E-state index in [9.17, 15) is 0 Å². The minimum atomic E-state index is 0.771. The normalized spacial score (nSPS) is 16.9. The lowest BCUT2D eigenvalue weighted by Gasteiger charge is -2.26. The molecule has 0 radical (unpaired) electrons. The monoisotopic (exact) mass is 262 g/mol. The molecule has 1 fully saturated rings. The van der Waals surface area contributed by atoms with Crippen LogP contribution in [0.15, 0.2) is 12.4 Å². The van der Waals surface area contributed by atoms with Crippen molar-refractivity contribution in [2.24, 2.45) is 0 Å². The first-order valence-corrected chi connectivity index (χ1v) is 6.54. The van der Waals surface area contributed by atoms with Gasteiger partial charge in [0.05, 0.1) is 24.6 Å². The zero-order valence-electron chi connectivity index (χ0n) is 11.0. The van der Waals surface area contributed by atoms with Gasteiger partial charge in [-0.3, -0.25) is 4.90 Å². The molecule has 0 spiro atoms. The van der Waals surface area contributed by atoms with Gasteiger partial charge in [-0.05, 0) is 13.0 Å². The predicted octanol–water partition coefficient (Wildman–Crippen LogP) is 0.177. The van der Waals surface area contributed by atoms with Crippen LogP contribution in [0.3, 0.4) is 0 Å². The number of nitrogens with one attached hydrogen (secondary N) is 1. The van der Waals surface area contributed by atoms with Crippen LogP contribution in [0.5, 0.6) is 0 Å². The molecular formula is C12H18N6O. The third kappa shape index (κ3) is 2.82. The van der Waals surface area contributed by atoms with E-state index in [1.165, 1.54) is 0 Å². The van der Waals surface area contributed by atoms with Crippen LogP contribution in [0.2, 0.25) is 0 Å². The van der Waals surface area contributed by atoms with Crippen LogP contribution >= 0.6 is 0 Å². The Morgan fingerprint density at radius 3 is 3.05 bits per heavy atom. The van der Waals surface area contributed by atoms with E-state index in [0.29, 0.717) is 0 Å². The molecule has 1 N–H and O–H groups in total. The molecule has 0 aromatic carbocycles. The van der Waals surface area contributed by atoms with Crippen molar-refractivity contribution >= 4 is 11.3 Å². The average Bonchev–Trinajstić information content (AvgIpc) is 2.88. The van der Waals surface area contributed by atoms with Gasteiger partial charge in [-0.15, -0.1) is 10.2 Å². The second kappa shape index (κ2) is 5.50. The topological polar surface area (TPSA) is 67.6 Å². The highest BCUT2D eigenvalue weighted by atomic mass is 16.5. The standard InChI is InChI=1S/C12H18N6O/c1-10-8-11(12-15-14-9-18(12)16-10)13-2-3-17-4-6-19-7-5-17/h8-9,13H,2-7H2,1H3. The highest BCUT2D eigenvalue weighted by Gasteiger charge is 2.10. The van der Waals surface area contributed by atoms with Gasteiger partial charge in [0.1, 0.15) is 6.33 Å².